The van der Waals surface area contributed by atoms with Crippen LogP contribution in [0, 0.1) is 6.92 Å². The van der Waals surface area contributed by atoms with E-state index in [4.69, 9.17) is 0 Å². The highest BCUT2D eigenvalue weighted by molar-refractivity contribution is 7.90. The summed E-state index contributed by atoms with van der Waals surface area (Å²) < 4.78 is 23.0. The van der Waals surface area contributed by atoms with Gasteiger partial charge in [-0.2, -0.15) is 0 Å². The molecule has 1 saturated heterocycles. The second-order valence-electron chi connectivity index (χ2n) is 6.00. The quantitative estimate of drug-likeness (QED) is 0.940. The number of nitrogens with zero attached hydrogens (tertiary/aromatic N) is 2. The Balaban J connectivity index is 1.74. The number of likely N-dealkylation sites (tertiary alicyclic amines) is 1. The van der Waals surface area contributed by atoms with E-state index in [1.54, 1.807) is 12.1 Å². The van der Waals surface area contributed by atoms with E-state index in [-0.39, 0.29) is 0 Å². The van der Waals surface area contributed by atoms with E-state index in [9.17, 15) is 8.42 Å². The maximum atomic E-state index is 11.5. The van der Waals surface area contributed by atoms with Gasteiger partial charge in [0, 0.05) is 24.7 Å². The first-order valence-corrected chi connectivity index (χ1v) is 9.37. The number of H-pyrrole nitrogens is 1. The molecular formula is C16H21N3O2S. The predicted octanol–water partition coefficient (Wildman–Crippen LogP) is 2.46. The highest BCUT2D eigenvalue weighted by Gasteiger charge is 2.28. The van der Waals surface area contributed by atoms with Crippen molar-refractivity contribution in [3.8, 4) is 0 Å². The van der Waals surface area contributed by atoms with Gasteiger partial charge >= 0.3 is 0 Å². The molecule has 0 spiro atoms. The molecule has 1 atom stereocenters. The Bertz CT molecular complexity index is 750. The van der Waals surface area contributed by atoms with Gasteiger partial charge < -0.3 is 4.98 Å². The molecule has 1 aromatic heterocycles. The van der Waals surface area contributed by atoms with E-state index in [0.717, 1.165) is 43.0 Å². The first-order valence-electron chi connectivity index (χ1n) is 7.48. The summed E-state index contributed by atoms with van der Waals surface area (Å²) in [6, 6.07) is 7.50. The lowest BCUT2D eigenvalue weighted by Crippen LogP contribution is -2.23. The Morgan fingerprint density at radius 1 is 1.32 bits per heavy atom. The average Bonchev–Trinajstić information content (AvgIpc) is 3.07. The molecule has 5 nitrogen and oxygen atoms in total. The van der Waals surface area contributed by atoms with E-state index in [0.29, 0.717) is 10.9 Å². The zero-order valence-electron chi connectivity index (χ0n) is 12.9. The van der Waals surface area contributed by atoms with Crippen LogP contribution in [0.2, 0.25) is 0 Å². The van der Waals surface area contributed by atoms with Crippen molar-refractivity contribution in [3.63, 3.8) is 0 Å². The average molecular weight is 319 g/mol. The van der Waals surface area contributed by atoms with Crippen molar-refractivity contribution in [2.24, 2.45) is 0 Å². The number of hydrogen-bond acceptors (Lipinski definition) is 4. The molecule has 118 valence electrons. The number of benzene rings is 1. The van der Waals surface area contributed by atoms with Gasteiger partial charge in [0.15, 0.2) is 9.84 Å². The molecule has 2 heterocycles. The fourth-order valence-corrected chi connectivity index (χ4v) is 3.63. The van der Waals surface area contributed by atoms with E-state index in [1.807, 2.05) is 25.3 Å². The van der Waals surface area contributed by atoms with Crippen LogP contribution in [0.5, 0.6) is 0 Å². The number of aromatic amines is 1. The van der Waals surface area contributed by atoms with Crippen LogP contribution in [0.25, 0.3) is 0 Å². The minimum absolute atomic E-state index is 0.322. The number of nitrogens with one attached hydrogen (secondary N) is 1. The molecule has 0 saturated carbocycles. The van der Waals surface area contributed by atoms with Crippen LogP contribution >= 0.6 is 0 Å². The Hall–Kier alpha value is -1.66. The minimum Gasteiger partial charge on any atom is -0.345 e. The summed E-state index contributed by atoms with van der Waals surface area (Å²) in [5.41, 5.74) is 2.21. The van der Waals surface area contributed by atoms with Gasteiger partial charge in [-0.25, -0.2) is 13.4 Å². The molecule has 0 bridgehead atoms. The van der Waals surface area contributed by atoms with Crippen molar-refractivity contribution in [2.45, 2.75) is 37.2 Å². The second-order valence-corrected chi connectivity index (χ2v) is 8.01. The Morgan fingerprint density at radius 2 is 2.05 bits per heavy atom. The first kappa shape index (κ1) is 15.2. The third-order valence-corrected chi connectivity index (χ3v) is 5.27. The molecule has 1 aromatic carbocycles. The van der Waals surface area contributed by atoms with E-state index in [1.165, 1.54) is 6.26 Å². The van der Waals surface area contributed by atoms with Gasteiger partial charge in [0.2, 0.25) is 0 Å². The Kier molecular flexibility index (Phi) is 4.06. The largest absolute Gasteiger partial charge is 0.345 e. The molecule has 1 unspecified atom stereocenters. The van der Waals surface area contributed by atoms with Crippen molar-refractivity contribution in [3.05, 3.63) is 47.5 Å². The first-order chi connectivity index (χ1) is 10.4. The highest BCUT2D eigenvalue weighted by atomic mass is 32.2. The fourth-order valence-electron chi connectivity index (χ4n) is 3.00. The molecule has 22 heavy (non-hydrogen) atoms. The van der Waals surface area contributed by atoms with E-state index >= 15 is 0 Å². The summed E-state index contributed by atoms with van der Waals surface area (Å²) in [4.78, 5) is 10.6. The molecule has 3 rings (SSSR count). The maximum absolute atomic E-state index is 11.5. The number of hydrogen-bond donors (Lipinski definition) is 1. The SMILES string of the molecule is Cc1cnc(C2CCCN2Cc2ccc(S(C)(=O)=O)cc2)[nH]1. The molecule has 0 radical (unpaired) electrons. The van der Waals surface area contributed by atoms with Crippen LogP contribution in [0.4, 0.5) is 0 Å². The lowest BCUT2D eigenvalue weighted by Gasteiger charge is -2.23. The molecule has 6 heteroatoms. The van der Waals surface area contributed by atoms with Gasteiger partial charge in [0.05, 0.1) is 10.9 Å². The summed E-state index contributed by atoms with van der Waals surface area (Å²) in [5.74, 6) is 1.03. The number of imidazole rings is 1. The topological polar surface area (TPSA) is 66.1 Å². The van der Waals surface area contributed by atoms with Crippen molar-refractivity contribution in [2.75, 3.05) is 12.8 Å². The van der Waals surface area contributed by atoms with Crippen molar-refractivity contribution in [1.82, 2.24) is 14.9 Å². The zero-order valence-corrected chi connectivity index (χ0v) is 13.7. The lowest BCUT2D eigenvalue weighted by molar-refractivity contribution is 0.240. The maximum Gasteiger partial charge on any atom is 0.175 e. The van der Waals surface area contributed by atoms with Crippen LogP contribution in [-0.2, 0) is 16.4 Å². The van der Waals surface area contributed by atoms with E-state index < -0.39 is 9.84 Å². The number of sulfone groups is 1. The number of aryl methyl sites for hydroxylation is 1. The van der Waals surface area contributed by atoms with Gasteiger partial charge in [-0.3, -0.25) is 4.90 Å². The third kappa shape index (κ3) is 3.23. The van der Waals surface area contributed by atoms with Crippen molar-refractivity contribution >= 4 is 9.84 Å². The summed E-state index contributed by atoms with van der Waals surface area (Å²) in [7, 11) is -3.13. The van der Waals surface area contributed by atoms with Gasteiger partial charge in [-0.1, -0.05) is 12.1 Å². The number of aromatic nitrogens is 2. The lowest BCUT2D eigenvalue weighted by atomic mass is 10.1. The smallest absolute Gasteiger partial charge is 0.175 e. The summed E-state index contributed by atoms with van der Waals surface area (Å²) in [5, 5.41) is 0. The zero-order chi connectivity index (χ0) is 15.7. The van der Waals surface area contributed by atoms with Crippen LogP contribution in [-0.4, -0.2) is 36.1 Å². The van der Waals surface area contributed by atoms with Crippen molar-refractivity contribution < 1.29 is 8.42 Å². The summed E-state index contributed by atoms with van der Waals surface area (Å²) >= 11 is 0. The van der Waals surface area contributed by atoms with Crippen LogP contribution < -0.4 is 0 Å². The molecular weight excluding hydrogens is 298 g/mol. The minimum atomic E-state index is -3.13. The molecule has 1 fully saturated rings. The van der Waals surface area contributed by atoms with Gasteiger partial charge in [0.1, 0.15) is 5.82 Å². The molecule has 1 N–H and O–H groups in total. The summed E-state index contributed by atoms with van der Waals surface area (Å²) in [6.45, 7) is 3.87. The fraction of sp³-hybridized carbons (Fsp3) is 0.438. The molecule has 0 amide bonds. The summed E-state index contributed by atoms with van der Waals surface area (Å²) in [6.07, 6.45) is 5.37. The highest BCUT2D eigenvalue weighted by Crippen LogP contribution is 2.31. The normalized spacial score (nSPS) is 19.6. The standard InChI is InChI=1S/C16H21N3O2S/c1-12-10-17-16(18-12)15-4-3-9-19(15)11-13-5-7-14(8-6-13)22(2,20)21/h5-8,10,15H,3-4,9,11H2,1-2H3,(H,17,18). The Morgan fingerprint density at radius 3 is 2.64 bits per heavy atom. The molecule has 0 aliphatic carbocycles. The van der Waals surface area contributed by atoms with Gasteiger partial charge in [-0.15, -0.1) is 0 Å². The monoisotopic (exact) mass is 319 g/mol. The van der Waals surface area contributed by atoms with Crippen LogP contribution in [0.15, 0.2) is 35.4 Å². The van der Waals surface area contributed by atoms with Gasteiger partial charge in [-0.05, 0) is 44.0 Å². The third-order valence-electron chi connectivity index (χ3n) is 4.14. The molecule has 1 aliphatic rings. The van der Waals surface area contributed by atoms with Crippen LogP contribution in [0.3, 0.4) is 0 Å². The predicted molar refractivity (Wildman–Crippen MR) is 85.3 cm³/mol. The molecule has 1 aliphatic heterocycles. The molecule has 2 aromatic rings. The van der Waals surface area contributed by atoms with Crippen molar-refractivity contribution in [1.29, 1.82) is 0 Å². The number of rotatable bonds is 4. The van der Waals surface area contributed by atoms with E-state index in [2.05, 4.69) is 14.9 Å². The van der Waals surface area contributed by atoms with Gasteiger partial charge in [0.25, 0.3) is 0 Å². The second kappa shape index (κ2) is 5.85. The Labute approximate surface area is 131 Å². The van der Waals surface area contributed by atoms with Crippen LogP contribution in [0.1, 0.15) is 36.0 Å².